The van der Waals surface area contributed by atoms with E-state index in [-0.39, 0.29) is 0 Å². The first-order chi connectivity index (χ1) is 3.31. The van der Waals surface area contributed by atoms with Crippen molar-refractivity contribution in [2.45, 2.75) is 13.3 Å². The molecule has 2 heteroatoms. The molecule has 0 spiro atoms. The fourth-order valence-electron chi connectivity index (χ4n) is 0.348. The van der Waals surface area contributed by atoms with Gasteiger partial charge in [-0.2, -0.15) is 0 Å². The Bertz CT molecular complexity index is 37.1. The van der Waals surface area contributed by atoms with E-state index in [1.54, 1.807) is 0 Å². The van der Waals surface area contributed by atoms with E-state index in [1.807, 2.05) is 6.92 Å². The predicted octanol–water partition coefficient (Wildman–Crippen LogP) is 0.578. The van der Waals surface area contributed by atoms with Crippen molar-refractivity contribution in [1.82, 2.24) is 11.5 Å². The van der Waals surface area contributed by atoms with E-state index in [0.717, 1.165) is 6.42 Å². The van der Waals surface area contributed by atoms with Gasteiger partial charge in [-0.1, -0.05) is 6.92 Å². The van der Waals surface area contributed by atoms with E-state index in [0.29, 0.717) is 19.0 Å². The minimum Gasteiger partial charge on any atom is -0.258 e. The quantitative estimate of drug-likeness (QED) is 0.498. The summed E-state index contributed by atoms with van der Waals surface area (Å²) in [4.78, 5) is 0. The molecule has 0 fully saturated rings. The fraction of sp³-hybridized carbons (Fsp3) is 1.00. The molecule has 0 bridgehead atoms. The van der Waals surface area contributed by atoms with Gasteiger partial charge in [-0.15, -0.1) is 0 Å². The van der Waals surface area contributed by atoms with E-state index in [9.17, 15) is 0 Å². The van der Waals surface area contributed by atoms with E-state index in [1.165, 1.54) is 0 Å². The van der Waals surface area contributed by atoms with Crippen molar-refractivity contribution >= 4 is 0 Å². The summed E-state index contributed by atoms with van der Waals surface area (Å²) in [6.07, 6.45) is 0.878. The van der Waals surface area contributed by atoms with Gasteiger partial charge in [-0.3, -0.25) is 11.5 Å². The Morgan fingerprint density at radius 1 is 1.43 bits per heavy atom. The van der Waals surface area contributed by atoms with Gasteiger partial charge in [0.15, 0.2) is 0 Å². The molecule has 0 saturated heterocycles. The second-order valence-corrected chi connectivity index (χ2v) is 1.85. The normalized spacial score (nSPS) is 14.1. The molecule has 1 atom stereocenters. The van der Waals surface area contributed by atoms with Crippen molar-refractivity contribution in [1.29, 1.82) is 0 Å². The van der Waals surface area contributed by atoms with Crippen LogP contribution in [0.15, 0.2) is 0 Å². The molecule has 1 unspecified atom stereocenters. The molecule has 0 aliphatic carbocycles. The van der Waals surface area contributed by atoms with Crippen LogP contribution in [-0.4, -0.2) is 13.1 Å². The zero-order chi connectivity index (χ0) is 5.70. The smallest absolute Gasteiger partial charge is 0.0126 e. The Kier molecular flexibility index (Phi) is 4.04. The highest BCUT2D eigenvalue weighted by atomic mass is 14.6. The highest BCUT2D eigenvalue weighted by Crippen LogP contribution is 1.95. The van der Waals surface area contributed by atoms with Crippen molar-refractivity contribution in [3.05, 3.63) is 0 Å². The van der Waals surface area contributed by atoms with Crippen molar-refractivity contribution in [2.75, 3.05) is 13.1 Å². The van der Waals surface area contributed by atoms with Gasteiger partial charge < -0.3 is 0 Å². The predicted molar refractivity (Wildman–Crippen MR) is 29.7 cm³/mol. The maximum atomic E-state index is 6.83. The molecule has 2 N–H and O–H groups in total. The lowest BCUT2D eigenvalue weighted by atomic mass is 10.1. The first kappa shape index (κ1) is 6.92. The van der Waals surface area contributed by atoms with Gasteiger partial charge in [-0.25, -0.2) is 0 Å². The van der Waals surface area contributed by atoms with Crippen molar-refractivity contribution in [3.63, 3.8) is 0 Å². The van der Waals surface area contributed by atoms with E-state index in [2.05, 4.69) is 0 Å². The lowest BCUT2D eigenvalue weighted by molar-refractivity contribution is 0.542. The third-order valence-corrected chi connectivity index (χ3v) is 0.986. The van der Waals surface area contributed by atoms with Crippen molar-refractivity contribution in [2.24, 2.45) is 5.92 Å². The van der Waals surface area contributed by atoms with Gasteiger partial charge >= 0.3 is 0 Å². The lowest BCUT2D eigenvalue weighted by Crippen LogP contribution is -2.04. The van der Waals surface area contributed by atoms with Gasteiger partial charge in [0.2, 0.25) is 0 Å². The van der Waals surface area contributed by atoms with Crippen LogP contribution in [0.2, 0.25) is 0 Å². The van der Waals surface area contributed by atoms with E-state index >= 15 is 0 Å². The Morgan fingerprint density at radius 3 is 2.14 bits per heavy atom. The maximum absolute atomic E-state index is 6.83. The van der Waals surface area contributed by atoms with Gasteiger partial charge in [0.05, 0.1) is 0 Å². The summed E-state index contributed by atoms with van der Waals surface area (Å²) >= 11 is 0. The monoisotopic (exact) mass is 100 g/mol. The zero-order valence-electron chi connectivity index (χ0n) is 4.70. The molecule has 2 radical (unpaired) electrons. The first-order valence-corrected chi connectivity index (χ1v) is 2.60. The molecule has 7 heavy (non-hydrogen) atoms. The van der Waals surface area contributed by atoms with E-state index in [4.69, 9.17) is 11.5 Å². The topological polar surface area (TPSA) is 47.6 Å². The van der Waals surface area contributed by atoms with Crippen LogP contribution in [0.25, 0.3) is 0 Å². The molecule has 0 aromatic rings. The molecular weight excluding hydrogens is 88.1 g/mol. The molecule has 0 aliphatic rings. The van der Waals surface area contributed by atoms with Crippen LogP contribution in [0.1, 0.15) is 13.3 Å². The molecule has 0 rings (SSSR count). The summed E-state index contributed by atoms with van der Waals surface area (Å²) in [6, 6.07) is 0. The maximum Gasteiger partial charge on any atom is 0.0126 e. The molecule has 42 valence electrons. The largest absolute Gasteiger partial charge is 0.258 e. The van der Waals surface area contributed by atoms with Crippen LogP contribution in [0.3, 0.4) is 0 Å². The van der Waals surface area contributed by atoms with Crippen LogP contribution in [0.4, 0.5) is 0 Å². The highest BCUT2D eigenvalue weighted by Gasteiger charge is 1.94. The third kappa shape index (κ3) is 3.76. The average molecular weight is 100 g/mol. The Labute approximate surface area is 44.9 Å². The van der Waals surface area contributed by atoms with Crippen LogP contribution in [-0.2, 0) is 0 Å². The zero-order valence-corrected chi connectivity index (χ0v) is 4.70. The van der Waals surface area contributed by atoms with Crippen molar-refractivity contribution < 1.29 is 0 Å². The molecule has 0 amide bonds. The minimum absolute atomic E-state index is 0.428. The standard InChI is InChI=1S/C5H12N2/c1-5(4-7)2-3-6/h5-7H,2-4H2,1H3. The Hall–Kier alpha value is -0.0800. The van der Waals surface area contributed by atoms with Crippen LogP contribution in [0, 0.1) is 5.92 Å². The number of hydrogen-bond acceptors (Lipinski definition) is 0. The number of hydrogen-bond donors (Lipinski definition) is 0. The molecule has 0 aromatic heterocycles. The third-order valence-electron chi connectivity index (χ3n) is 0.986. The van der Waals surface area contributed by atoms with Gasteiger partial charge in [0.25, 0.3) is 0 Å². The molecular formula is C5H12N2. The number of nitrogens with one attached hydrogen (secondary N) is 2. The summed E-state index contributed by atoms with van der Waals surface area (Å²) in [5.41, 5.74) is 13.6. The van der Waals surface area contributed by atoms with Crippen LogP contribution < -0.4 is 11.5 Å². The van der Waals surface area contributed by atoms with Crippen molar-refractivity contribution in [3.8, 4) is 0 Å². The second-order valence-electron chi connectivity index (χ2n) is 1.85. The lowest BCUT2D eigenvalue weighted by Gasteiger charge is -2.01. The molecule has 0 saturated carbocycles. The Morgan fingerprint density at radius 2 is 2.00 bits per heavy atom. The average Bonchev–Trinajstić information content (AvgIpc) is 1.68. The molecule has 0 aliphatic heterocycles. The summed E-state index contributed by atoms with van der Waals surface area (Å²) in [6.45, 7) is 2.94. The summed E-state index contributed by atoms with van der Waals surface area (Å²) in [5.74, 6) is 0.428. The first-order valence-electron chi connectivity index (χ1n) is 2.60. The summed E-state index contributed by atoms with van der Waals surface area (Å²) < 4.78 is 0. The van der Waals surface area contributed by atoms with Gasteiger partial charge in [0.1, 0.15) is 0 Å². The van der Waals surface area contributed by atoms with Crippen LogP contribution >= 0.6 is 0 Å². The Balaban J connectivity index is 2.83. The number of rotatable bonds is 3. The molecule has 0 heterocycles. The van der Waals surface area contributed by atoms with Gasteiger partial charge in [0, 0.05) is 13.1 Å². The van der Waals surface area contributed by atoms with E-state index < -0.39 is 0 Å². The minimum atomic E-state index is 0.428. The molecule has 0 aromatic carbocycles. The second kappa shape index (κ2) is 4.09. The fourth-order valence-corrected chi connectivity index (χ4v) is 0.348. The van der Waals surface area contributed by atoms with Crippen LogP contribution in [0.5, 0.6) is 0 Å². The summed E-state index contributed by atoms with van der Waals surface area (Å²) in [7, 11) is 0. The SMILES string of the molecule is CC(C[NH])CC[NH]. The highest BCUT2D eigenvalue weighted by molar-refractivity contribution is 4.50. The molecule has 2 nitrogen and oxygen atoms in total. The van der Waals surface area contributed by atoms with Gasteiger partial charge in [-0.05, 0) is 12.3 Å². The summed E-state index contributed by atoms with van der Waals surface area (Å²) in [5, 5.41) is 0.